The van der Waals surface area contributed by atoms with Gasteiger partial charge in [0.05, 0.1) is 27.6 Å². The van der Waals surface area contributed by atoms with Crippen molar-refractivity contribution in [3.05, 3.63) is 78.6 Å². The highest BCUT2D eigenvalue weighted by molar-refractivity contribution is 5.95. The molecule has 0 aliphatic rings. The molecule has 0 N–H and O–H groups in total. The summed E-state index contributed by atoms with van der Waals surface area (Å²) in [6.07, 6.45) is 5.76. The number of hydrogen-bond donors (Lipinski definition) is 0. The molecule has 5 heteroatoms. The molecule has 0 bridgehead atoms. The highest BCUT2D eigenvalue weighted by Gasteiger charge is 2.17. The van der Waals surface area contributed by atoms with Crippen LogP contribution in [0.2, 0.25) is 0 Å². The third kappa shape index (κ3) is 4.36. The van der Waals surface area contributed by atoms with Gasteiger partial charge >= 0.3 is 0 Å². The van der Waals surface area contributed by atoms with E-state index in [1.165, 1.54) is 0 Å². The summed E-state index contributed by atoms with van der Waals surface area (Å²) in [5.41, 5.74) is 3.73. The minimum absolute atomic E-state index is 0.470. The molecule has 0 atom stereocenters. The molecule has 1 aromatic heterocycles. The molecule has 0 saturated heterocycles. The lowest BCUT2D eigenvalue weighted by atomic mass is 10.0. The van der Waals surface area contributed by atoms with Crippen LogP contribution in [-0.4, -0.2) is 27.9 Å². The molecule has 1 heterocycles. The molecule has 0 aliphatic carbocycles. The van der Waals surface area contributed by atoms with Crippen LogP contribution >= 0.6 is 0 Å². The molecule has 31 heavy (non-hydrogen) atoms. The van der Waals surface area contributed by atoms with E-state index in [1.54, 1.807) is 27.6 Å². The van der Waals surface area contributed by atoms with Crippen LogP contribution in [0.5, 0.6) is 23.0 Å². The Morgan fingerprint density at radius 1 is 0.839 bits per heavy atom. The second-order valence-corrected chi connectivity index (χ2v) is 6.85. The van der Waals surface area contributed by atoms with E-state index in [0.717, 1.165) is 33.4 Å². The van der Waals surface area contributed by atoms with E-state index in [2.05, 4.69) is 12.1 Å². The number of rotatable bonds is 8. The number of benzene rings is 3. The molecule has 0 amide bonds. The average Bonchev–Trinajstić information content (AvgIpc) is 3.24. The van der Waals surface area contributed by atoms with Crippen molar-refractivity contribution in [2.24, 2.45) is 0 Å². The van der Waals surface area contributed by atoms with Crippen molar-refractivity contribution in [3.63, 3.8) is 0 Å². The van der Waals surface area contributed by atoms with Gasteiger partial charge in [0.15, 0.2) is 11.5 Å². The van der Waals surface area contributed by atoms with Crippen LogP contribution in [-0.2, 0) is 0 Å². The standard InChI is InChI=1S/C26H24O5/c1-27-24-14-19(15-25(28-2)26(24)29-3)22-17-31-23-12-11-20(16-21(22)23)30-13-7-10-18-8-5-4-6-9-18/h4-12,14-17H,13H2,1-3H3/b10-7+. The zero-order valence-electron chi connectivity index (χ0n) is 17.8. The van der Waals surface area contributed by atoms with Crippen LogP contribution in [0.3, 0.4) is 0 Å². The summed E-state index contributed by atoms with van der Waals surface area (Å²) in [5, 5.41) is 0.943. The Labute approximate surface area is 181 Å². The van der Waals surface area contributed by atoms with Crippen LogP contribution in [0.1, 0.15) is 5.56 Å². The highest BCUT2D eigenvalue weighted by Crippen LogP contribution is 2.43. The quantitative estimate of drug-likeness (QED) is 0.341. The van der Waals surface area contributed by atoms with Crippen molar-refractivity contribution >= 4 is 17.0 Å². The van der Waals surface area contributed by atoms with Crippen LogP contribution in [0.15, 0.2) is 77.4 Å². The molecule has 4 rings (SSSR count). The molecule has 0 spiro atoms. The summed E-state index contributed by atoms with van der Waals surface area (Å²) in [6, 6.07) is 19.7. The van der Waals surface area contributed by atoms with E-state index in [0.29, 0.717) is 23.9 Å². The normalized spacial score (nSPS) is 11.1. The zero-order chi connectivity index (χ0) is 21.6. The molecule has 158 valence electrons. The van der Waals surface area contributed by atoms with Crippen molar-refractivity contribution in [2.45, 2.75) is 0 Å². The molecular weight excluding hydrogens is 392 g/mol. The number of fused-ring (bicyclic) bond motifs is 1. The molecular formula is C26H24O5. The van der Waals surface area contributed by atoms with E-state index in [1.807, 2.05) is 60.7 Å². The van der Waals surface area contributed by atoms with Gasteiger partial charge in [-0.25, -0.2) is 0 Å². The lowest BCUT2D eigenvalue weighted by Crippen LogP contribution is -1.95. The Kier molecular flexibility index (Phi) is 6.13. The first-order chi connectivity index (χ1) is 15.2. The van der Waals surface area contributed by atoms with Crippen LogP contribution in [0, 0.1) is 0 Å². The predicted octanol–water partition coefficient (Wildman–Crippen LogP) is 6.22. The minimum Gasteiger partial charge on any atom is -0.493 e. The van der Waals surface area contributed by atoms with Gasteiger partial charge in [-0.15, -0.1) is 0 Å². The Hall–Kier alpha value is -3.86. The molecule has 0 radical (unpaired) electrons. The van der Waals surface area contributed by atoms with Gasteiger partial charge in [0, 0.05) is 10.9 Å². The number of ether oxygens (including phenoxy) is 4. The van der Waals surface area contributed by atoms with E-state index in [9.17, 15) is 0 Å². The van der Waals surface area contributed by atoms with Crippen molar-refractivity contribution in [1.82, 2.24) is 0 Å². The first-order valence-corrected chi connectivity index (χ1v) is 9.89. The van der Waals surface area contributed by atoms with Crippen molar-refractivity contribution in [2.75, 3.05) is 27.9 Å². The Bertz CT molecular complexity index is 1170. The molecule has 5 nitrogen and oxygen atoms in total. The molecule has 3 aromatic carbocycles. The summed E-state index contributed by atoms with van der Waals surface area (Å²) in [7, 11) is 4.79. The molecule has 0 aliphatic heterocycles. The lowest BCUT2D eigenvalue weighted by Gasteiger charge is -2.13. The van der Waals surface area contributed by atoms with Crippen LogP contribution in [0.25, 0.3) is 28.2 Å². The Morgan fingerprint density at radius 3 is 2.26 bits per heavy atom. The SMILES string of the molecule is COc1cc(-c2coc3ccc(OC/C=C/c4ccccc4)cc23)cc(OC)c1OC. The second kappa shape index (κ2) is 9.30. The van der Waals surface area contributed by atoms with Gasteiger partial charge in [0.1, 0.15) is 17.9 Å². The first-order valence-electron chi connectivity index (χ1n) is 9.89. The fraction of sp³-hybridized carbons (Fsp3) is 0.154. The summed E-state index contributed by atoms with van der Waals surface area (Å²) >= 11 is 0. The van der Waals surface area contributed by atoms with Gasteiger partial charge in [0.2, 0.25) is 5.75 Å². The average molecular weight is 416 g/mol. The second-order valence-electron chi connectivity index (χ2n) is 6.85. The maximum Gasteiger partial charge on any atom is 0.203 e. The summed E-state index contributed by atoms with van der Waals surface area (Å²) in [4.78, 5) is 0. The van der Waals surface area contributed by atoms with Crippen molar-refractivity contribution in [3.8, 4) is 34.1 Å². The molecule has 0 saturated carbocycles. The van der Waals surface area contributed by atoms with Gasteiger partial charge in [-0.1, -0.05) is 36.4 Å². The fourth-order valence-electron chi connectivity index (χ4n) is 3.45. The number of methoxy groups -OCH3 is 3. The molecule has 4 aromatic rings. The van der Waals surface area contributed by atoms with E-state index in [4.69, 9.17) is 23.4 Å². The maximum absolute atomic E-state index is 5.92. The summed E-state index contributed by atoms with van der Waals surface area (Å²) in [5.74, 6) is 2.49. The Balaban J connectivity index is 1.61. The van der Waals surface area contributed by atoms with E-state index >= 15 is 0 Å². The van der Waals surface area contributed by atoms with Crippen LogP contribution < -0.4 is 18.9 Å². The molecule has 0 unspecified atom stereocenters. The first kappa shape index (κ1) is 20.4. The van der Waals surface area contributed by atoms with Crippen molar-refractivity contribution < 1.29 is 23.4 Å². The van der Waals surface area contributed by atoms with Gasteiger partial charge in [-0.05, 0) is 47.5 Å². The number of furan rings is 1. The smallest absolute Gasteiger partial charge is 0.203 e. The van der Waals surface area contributed by atoms with Crippen molar-refractivity contribution in [1.29, 1.82) is 0 Å². The van der Waals surface area contributed by atoms with Crippen LogP contribution in [0.4, 0.5) is 0 Å². The van der Waals surface area contributed by atoms with E-state index < -0.39 is 0 Å². The zero-order valence-corrected chi connectivity index (χ0v) is 17.8. The highest BCUT2D eigenvalue weighted by atomic mass is 16.5. The Morgan fingerprint density at radius 2 is 1.58 bits per heavy atom. The minimum atomic E-state index is 0.470. The summed E-state index contributed by atoms with van der Waals surface area (Å²) in [6.45, 7) is 0.470. The predicted molar refractivity (Wildman–Crippen MR) is 122 cm³/mol. The monoisotopic (exact) mass is 416 g/mol. The lowest BCUT2D eigenvalue weighted by molar-refractivity contribution is 0.324. The van der Waals surface area contributed by atoms with E-state index in [-0.39, 0.29) is 0 Å². The van der Waals surface area contributed by atoms with Gasteiger partial charge in [-0.2, -0.15) is 0 Å². The summed E-state index contributed by atoms with van der Waals surface area (Å²) < 4.78 is 28.1. The third-order valence-electron chi connectivity index (χ3n) is 4.98. The van der Waals surface area contributed by atoms with Gasteiger partial charge < -0.3 is 23.4 Å². The molecule has 0 fully saturated rings. The topological polar surface area (TPSA) is 50.1 Å². The number of hydrogen-bond acceptors (Lipinski definition) is 5. The largest absolute Gasteiger partial charge is 0.493 e. The fourth-order valence-corrected chi connectivity index (χ4v) is 3.45. The maximum atomic E-state index is 5.92. The van der Waals surface area contributed by atoms with Gasteiger partial charge in [-0.3, -0.25) is 0 Å². The van der Waals surface area contributed by atoms with Gasteiger partial charge in [0.25, 0.3) is 0 Å². The third-order valence-corrected chi connectivity index (χ3v) is 4.98.